The molecule has 0 spiro atoms. The Morgan fingerprint density at radius 3 is 2.71 bits per heavy atom. The van der Waals surface area contributed by atoms with Crippen molar-refractivity contribution < 1.29 is 0 Å². The van der Waals surface area contributed by atoms with Crippen molar-refractivity contribution >= 4 is 17.4 Å². The van der Waals surface area contributed by atoms with Crippen molar-refractivity contribution in [2.75, 3.05) is 5.73 Å². The van der Waals surface area contributed by atoms with Crippen LogP contribution in [0.15, 0.2) is 53.7 Å². The first-order valence-electron chi connectivity index (χ1n) is 6.56. The van der Waals surface area contributed by atoms with Crippen LogP contribution in [0.5, 0.6) is 0 Å². The highest BCUT2D eigenvalue weighted by atomic mass is 32.2. The van der Waals surface area contributed by atoms with E-state index in [9.17, 15) is 0 Å². The van der Waals surface area contributed by atoms with Crippen LogP contribution in [0.3, 0.4) is 0 Å². The Morgan fingerprint density at radius 2 is 1.90 bits per heavy atom. The van der Waals surface area contributed by atoms with Gasteiger partial charge in [-0.3, -0.25) is 0 Å². The number of aromatic nitrogens is 4. The standard InChI is InChI=1S/C15H15N5S/c1-11-12(6-5-9-14(11)16)10-21-15-17-18-19-20(15)13-7-3-2-4-8-13/h2-9H,10,16H2,1H3. The number of hydrogen-bond donors (Lipinski definition) is 1. The summed E-state index contributed by atoms with van der Waals surface area (Å²) in [6.45, 7) is 2.03. The van der Waals surface area contributed by atoms with Gasteiger partial charge in [-0.2, -0.15) is 4.68 Å². The van der Waals surface area contributed by atoms with Crippen LogP contribution < -0.4 is 5.73 Å². The molecule has 3 rings (SSSR count). The Morgan fingerprint density at radius 1 is 1.10 bits per heavy atom. The van der Waals surface area contributed by atoms with E-state index in [4.69, 9.17) is 5.73 Å². The molecule has 0 aliphatic rings. The minimum Gasteiger partial charge on any atom is -0.399 e. The Hall–Kier alpha value is -2.34. The van der Waals surface area contributed by atoms with Crippen LogP contribution in [0.2, 0.25) is 0 Å². The summed E-state index contributed by atoms with van der Waals surface area (Å²) in [5.74, 6) is 0.782. The highest BCUT2D eigenvalue weighted by Gasteiger charge is 2.10. The number of benzene rings is 2. The average molecular weight is 297 g/mol. The molecule has 5 nitrogen and oxygen atoms in total. The molecule has 0 saturated heterocycles. The molecule has 6 heteroatoms. The fourth-order valence-corrected chi connectivity index (χ4v) is 2.96. The Balaban J connectivity index is 1.81. The normalized spacial score (nSPS) is 10.7. The quantitative estimate of drug-likeness (QED) is 0.592. The molecule has 106 valence electrons. The van der Waals surface area contributed by atoms with Gasteiger partial charge in [-0.25, -0.2) is 0 Å². The average Bonchev–Trinajstić information content (AvgIpc) is 2.98. The first kappa shape index (κ1) is 13.6. The van der Waals surface area contributed by atoms with Crippen LogP contribution >= 0.6 is 11.8 Å². The van der Waals surface area contributed by atoms with E-state index in [1.165, 1.54) is 5.56 Å². The third-order valence-corrected chi connectivity index (χ3v) is 4.25. The van der Waals surface area contributed by atoms with Crippen LogP contribution in [0.1, 0.15) is 11.1 Å². The number of hydrogen-bond acceptors (Lipinski definition) is 5. The topological polar surface area (TPSA) is 69.6 Å². The second-order valence-corrected chi connectivity index (χ2v) is 5.57. The first-order chi connectivity index (χ1) is 10.3. The van der Waals surface area contributed by atoms with Crippen LogP contribution in [0.4, 0.5) is 5.69 Å². The van der Waals surface area contributed by atoms with E-state index in [1.807, 2.05) is 49.4 Å². The SMILES string of the molecule is Cc1c(N)cccc1CSc1nnnn1-c1ccccc1. The third-order valence-electron chi connectivity index (χ3n) is 3.29. The van der Waals surface area contributed by atoms with Crippen LogP contribution in [0, 0.1) is 6.92 Å². The van der Waals surface area contributed by atoms with Gasteiger partial charge in [-0.1, -0.05) is 42.1 Å². The number of thioether (sulfide) groups is 1. The lowest BCUT2D eigenvalue weighted by Gasteiger charge is -2.08. The lowest BCUT2D eigenvalue weighted by atomic mass is 10.1. The highest BCUT2D eigenvalue weighted by molar-refractivity contribution is 7.98. The van der Waals surface area contributed by atoms with Crippen LogP contribution in [-0.2, 0) is 5.75 Å². The molecule has 0 bridgehead atoms. The van der Waals surface area contributed by atoms with Crippen molar-refractivity contribution in [1.82, 2.24) is 20.2 Å². The Labute approximate surface area is 127 Å². The maximum atomic E-state index is 5.94. The predicted octanol–water partition coefficient (Wildman–Crippen LogP) is 2.85. The second kappa shape index (κ2) is 5.97. The molecule has 0 unspecified atom stereocenters. The van der Waals surface area contributed by atoms with E-state index in [2.05, 4.69) is 21.6 Å². The molecule has 0 aliphatic heterocycles. The van der Waals surface area contributed by atoms with Gasteiger partial charge >= 0.3 is 0 Å². The van der Waals surface area contributed by atoms with E-state index in [0.717, 1.165) is 27.8 Å². The van der Waals surface area contributed by atoms with Crippen molar-refractivity contribution in [2.24, 2.45) is 0 Å². The van der Waals surface area contributed by atoms with Gasteiger partial charge in [0.25, 0.3) is 0 Å². The number of anilines is 1. The van der Waals surface area contributed by atoms with Gasteiger partial charge in [-0.05, 0) is 46.7 Å². The molecule has 1 aromatic heterocycles. The fraction of sp³-hybridized carbons (Fsp3) is 0.133. The molecule has 3 aromatic rings. The highest BCUT2D eigenvalue weighted by Crippen LogP contribution is 2.25. The number of rotatable bonds is 4. The summed E-state index contributed by atoms with van der Waals surface area (Å²) < 4.78 is 1.74. The third kappa shape index (κ3) is 2.90. The summed E-state index contributed by atoms with van der Waals surface area (Å²) in [7, 11) is 0. The van der Waals surface area contributed by atoms with Crippen LogP contribution in [-0.4, -0.2) is 20.2 Å². The summed E-state index contributed by atoms with van der Waals surface area (Å²) >= 11 is 1.60. The number of para-hydroxylation sites is 1. The molecular formula is C15H15N5S. The number of nitrogens with two attached hydrogens (primary N) is 1. The fourth-order valence-electron chi connectivity index (χ4n) is 2.00. The van der Waals surface area contributed by atoms with Gasteiger partial charge in [0, 0.05) is 11.4 Å². The monoisotopic (exact) mass is 297 g/mol. The molecule has 1 heterocycles. The second-order valence-electron chi connectivity index (χ2n) is 4.63. The van der Waals surface area contributed by atoms with Gasteiger partial charge < -0.3 is 5.73 Å². The van der Waals surface area contributed by atoms with Gasteiger partial charge in [0.2, 0.25) is 5.16 Å². The van der Waals surface area contributed by atoms with Crippen molar-refractivity contribution in [2.45, 2.75) is 17.8 Å². The van der Waals surface area contributed by atoms with Gasteiger partial charge in [0.15, 0.2) is 0 Å². The Bertz CT molecular complexity index is 739. The van der Waals surface area contributed by atoms with E-state index in [-0.39, 0.29) is 0 Å². The van der Waals surface area contributed by atoms with Gasteiger partial charge in [-0.15, -0.1) is 5.10 Å². The van der Waals surface area contributed by atoms with E-state index in [0.29, 0.717) is 0 Å². The zero-order chi connectivity index (χ0) is 14.7. The zero-order valence-electron chi connectivity index (χ0n) is 11.6. The van der Waals surface area contributed by atoms with Crippen molar-refractivity contribution in [3.05, 3.63) is 59.7 Å². The minimum atomic E-state index is 0.767. The van der Waals surface area contributed by atoms with Crippen molar-refractivity contribution in [1.29, 1.82) is 0 Å². The maximum absolute atomic E-state index is 5.94. The van der Waals surface area contributed by atoms with E-state index < -0.39 is 0 Å². The molecule has 0 radical (unpaired) electrons. The van der Waals surface area contributed by atoms with Gasteiger partial charge in [0.05, 0.1) is 5.69 Å². The smallest absolute Gasteiger partial charge is 0.214 e. The largest absolute Gasteiger partial charge is 0.399 e. The predicted molar refractivity (Wildman–Crippen MR) is 84.3 cm³/mol. The molecule has 0 saturated carbocycles. The summed E-state index contributed by atoms with van der Waals surface area (Å²) in [6, 6.07) is 15.8. The molecule has 2 N–H and O–H groups in total. The lowest BCUT2D eigenvalue weighted by Crippen LogP contribution is -1.99. The van der Waals surface area contributed by atoms with E-state index >= 15 is 0 Å². The summed E-state index contributed by atoms with van der Waals surface area (Å²) in [4.78, 5) is 0. The Kier molecular flexibility index (Phi) is 3.87. The molecule has 0 aliphatic carbocycles. The van der Waals surface area contributed by atoms with Crippen molar-refractivity contribution in [3.63, 3.8) is 0 Å². The lowest BCUT2D eigenvalue weighted by molar-refractivity contribution is 0.756. The summed E-state index contributed by atoms with van der Waals surface area (Å²) in [6.07, 6.45) is 0. The first-order valence-corrected chi connectivity index (χ1v) is 7.55. The minimum absolute atomic E-state index is 0.767. The molecule has 2 aromatic carbocycles. The maximum Gasteiger partial charge on any atom is 0.214 e. The molecule has 21 heavy (non-hydrogen) atoms. The summed E-state index contributed by atoms with van der Waals surface area (Å²) in [5.41, 5.74) is 10.0. The summed E-state index contributed by atoms with van der Waals surface area (Å²) in [5, 5.41) is 12.7. The molecule has 0 atom stereocenters. The number of nitrogen functional groups attached to an aromatic ring is 1. The van der Waals surface area contributed by atoms with Crippen LogP contribution in [0.25, 0.3) is 5.69 Å². The molecular weight excluding hydrogens is 282 g/mol. The van der Waals surface area contributed by atoms with E-state index in [1.54, 1.807) is 16.4 Å². The van der Waals surface area contributed by atoms with Gasteiger partial charge in [0.1, 0.15) is 0 Å². The molecule has 0 amide bonds. The number of nitrogens with zero attached hydrogens (tertiary/aromatic N) is 4. The zero-order valence-corrected chi connectivity index (χ0v) is 12.4. The van der Waals surface area contributed by atoms with Crippen molar-refractivity contribution in [3.8, 4) is 5.69 Å². The number of tetrazole rings is 1. The molecule has 0 fully saturated rings.